The third-order valence-electron chi connectivity index (χ3n) is 5.25. The Kier molecular flexibility index (Phi) is 4.63. The molecule has 0 unspecified atom stereocenters. The van der Waals surface area contributed by atoms with Crippen LogP contribution in [0.25, 0.3) is 33.1 Å². The molecule has 2 aromatic carbocycles. The summed E-state index contributed by atoms with van der Waals surface area (Å²) < 4.78 is 11.0. The normalized spacial score (nSPS) is 11.2. The highest BCUT2D eigenvalue weighted by Crippen LogP contribution is 2.31. The molecule has 0 aliphatic rings. The summed E-state index contributed by atoms with van der Waals surface area (Å²) in [5.74, 6) is -1.14. The number of benzene rings is 2. The summed E-state index contributed by atoms with van der Waals surface area (Å²) in [5, 5.41) is 18.7. The van der Waals surface area contributed by atoms with Crippen molar-refractivity contribution in [2.45, 2.75) is 6.54 Å². The third kappa shape index (κ3) is 3.16. The number of nitrogens with zero attached hydrogens (tertiary/aromatic N) is 4. The Morgan fingerprint density at radius 1 is 1.09 bits per heavy atom. The standard InChI is InChI=1S/C23H16N4O5/c1-31-23(30)20-21(28)16-10-15(14-7-8-17-18(9-14)26-32-25-17)22(29)27(19(16)11-24-20)12-13-5-3-2-4-6-13/h2-11,28H,12H2,1H3. The van der Waals surface area contributed by atoms with Gasteiger partial charge in [0.1, 0.15) is 11.0 Å². The third-order valence-corrected chi connectivity index (χ3v) is 5.25. The Labute approximate surface area is 180 Å². The number of rotatable bonds is 4. The van der Waals surface area contributed by atoms with E-state index in [1.807, 2.05) is 30.3 Å². The van der Waals surface area contributed by atoms with E-state index in [1.54, 1.807) is 18.2 Å². The van der Waals surface area contributed by atoms with E-state index >= 15 is 0 Å². The fourth-order valence-electron chi connectivity index (χ4n) is 3.65. The van der Waals surface area contributed by atoms with Crippen molar-refractivity contribution in [3.63, 3.8) is 0 Å². The molecule has 0 saturated carbocycles. The quantitative estimate of drug-likeness (QED) is 0.434. The summed E-state index contributed by atoms with van der Waals surface area (Å²) in [4.78, 5) is 29.6. The van der Waals surface area contributed by atoms with Crippen molar-refractivity contribution < 1.29 is 19.3 Å². The minimum absolute atomic E-state index is 0.230. The number of methoxy groups -OCH3 is 1. The second-order valence-corrected chi connectivity index (χ2v) is 7.15. The second-order valence-electron chi connectivity index (χ2n) is 7.15. The van der Waals surface area contributed by atoms with Gasteiger partial charge in [-0.1, -0.05) is 36.4 Å². The lowest BCUT2D eigenvalue weighted by Gasteiger charge is -2.15. The average Bonchev–Trinajstić information content (AvgIpc) is 3.29. The smallest absolute Gasteiger partial charge is 0.360 e. The number of carbonyl (C=O) groups is 1. The number of esters is 1. The summed E-state index contributed by atoms with van der Waals surface area (Å²) in [6.07, 6.45) is 1.39. The zero-order chi connectivity index (χ0) is 22.2. The predicted octanol–water partition coefficient (Wildman–Crippen LogP) is 3.14. The van der Waals surface area contributed by atoms with Crippen molar-refractivity contribution in [3.05, 3.63) is 82.4 Å². The highest BCUT2D eigenvalue weighted by molar-refractivity contribution is 5.99. The monoisotopic (exact) mass is 428 g/mol. The van der Waals surface area contributed by atoms with E-state index in [-0.39, 0.29) is 23.5 Å². The topological polar surface area (TPSA) is 120 Å². The van der Waals surface area contributed by atoms with Crippen LogP contribution in [-0.2, 0) is 11.3 Å². The number of hydrogen-bond acceptors (Lipinski definition) is 8. The molecule has 0 bridgehead atoms. The average molecular weight is 428 g/mol. The van der Waals surface area contributed by atoms with Gasteiger partial charge in [0, 0.05) is 10.9 Å². The van der Waals surface area contributed by atoms with Crippen LogP contribution >= 0.6 is 0 Å². The summed E-state index contributed by atoms with van der Waals surface area (Å²) >= 11 is 0. The number of carbonyl (C=O) groups excluding carboxylic acids is 1. The SMILES string of the molecule is COC(=O)c1ncc2c(cc(-c3ccc4nonc4c3)c(=O)n2Cc2ccccc2)c1O. The Morgan fingerprint density at radius 3 is 2.66 bits per heavy atom. The molecule has 0 amide bonds. The van der Waals surface area contributed by atoms with Crippen LogP contribution in [0, 0.1) is 0 Å². The highest BCUT2D eigenvalue weighted by atomic mass is 16.6. The first kappa shape index (κ1) is 19.4. The Balaban J connectivity index is 1.81. The van der Waals surface area contributed by atoms with Gasteiger partial charge in [-0.3, -0.25) is 4.79 Å². The van der Waals surface area contributed by atoms with E-state index in [0.29, 0.717) is 33.1 Å². The molecule has 0 aliphatic heterocycles. The Hall–Kier alpha value is -4.53. The van der Waals surface area contributed by atoms with Gasteiger partial charge in [-0.05, 0) is 39.6 Å². The lowest BCUT2D eigenvalue weighted by molar-refractivity contribution is 0.0591. The maximum absolute atomic E-state index is 13.6. The van der Waals surface area contributed by atoms with Gasteiger partial charge >= 0.3 is 5.97 Å². The summed E-state index contributed by atoms with van der Waals surface area (Å²) in [6.45, 7) is 0.246. The van der Waals surface area contributed by atoms with Crippen LogP contribution in [0.3, 0.4) is 0 Å². The van der Waals surface area contributed by atoms with Gasteiger partial charge < -0.3 is 14.4 Å². The number of hydrogen-bond donors (Lipinski definition) is 1. The van der Waals surface area contributed by atoms with Gasteiger partial charge in [0.15, 0.2) is 11.4 Å². The van der Waals surface area contributed by atoms with Gasteiger partial charge in [0.2, 0.25) is 0 Å². The van der Waals surface area contributed by atoms with E-state index < -0.39 is 5.97 Å². The van der Waals surface area contributed by atoms with Crippen molar-refractivity contribution in [2.24, 2.45) is 0 Å². The van der Waals surface area contributed by atoms with Gasteiger partial charge in [-0.15, -0.1) is 0 Å². The van der Waals surface area contributed by atoms with Crippen LogP contribution in [0.2, 0.25) is 0 Å². The molecule has 0 radical (unpaired) electrons. The summed E-state index contributed by atoms with van der Waals surface area (Å²) in [6, 6.07) is 16.1. The van der Waals surface area contributed by atoms with Crippen molar-refractivity contribution in [1.82, 2.24) is 19.9 Å². The molecule has 158 valence electrons. The van der Waals surface area contributed by atoms with Crippen LogP contribution in [0.4, 0.5) is 0 Å². The first-order chi connectivity index (χ1) is 15.6. The van der Waals surface area contributed by atoms with Crippen molar-refractivity contribution in [1.29, 1.82) is 0 Å². The molecule has 3 aromatic heterocycles. The molecule has 0 spiro atoms. The van der Waals surface area contributed by atoms with E-state index in [9.17, 15) is 14.7 Å². The Bertz CT molecular complexity index is 1540. The van der Waals surface area contributed by atoms with E-state index in [1.165, 1.54) is 23.9 Å². The maximum atomic E-state index is 13.6. The minimum Gasteiger partial charge on any atom is -0.505 e. The molecular formula is C23H16N4O5. The first-order valence-corrected chi connectivity index (χ1v) is 9.67. The molecule has 9 nitrogen and oxygen atoms in total. The zero-order valence-electron chi connectivity index (χ0n) is 16.8. The minimum atomic E-state index is -0.776. The molecule has 1 N–H and O–H groups in total. The van der Waals surface area contributed by atoms with E-state index in [2.05, 4.69) is 15.3 Å². The molecule has 5 aromatic rings. The summed E-state index contributed by atoms with van der Waals surface area (Å²) in [7, 11) is 1.20. The lowest BCUT2D eigenvalue weighted by atomic mass is 10.0. The number of ether oxygens (including phenoxy) is 1. The van der Waals surface area contributed by atoms with Crippen LogP contribution in [-0.4, -0.2) is 38.1 Å². The van der Waals surface area contributed by atoms with Crippen LogP contribution in [0.15, 0.2) is 70.2 Å². The number of aromatic nitrogens is 4. The maximum Gasteiger partial charge on any atom is 0.360 e. The van der Waals surface area contributed by atoms with Gasteiger partial charge in [-0.25, -0.2) is 14.4 Å². The van der Waals surface area contributed by atoms with Crippen LogP contribution in [0.1, 0.15) is 16.1 Å². The molecule has 32 heavy (non-hydrogen) atoms. The molecular weight excluding hydrogens is 412 g/mol. The van der Waals surface area contributed by atoms with Crippen LogP contribution < -0.4 is 5.56 Å². The highest BCUT2D eigenvalue weighted by Gasteiger charge is 2.21. The molecule has 0 atom stereocenters. The van der Waals surface area contributed by atoms with Crippen molar-refractivity contribution in [3.8, 4) is 16.9 Å². The van der Waals surface area contributed by atoms with Gasteiger partial charge in [0.05, 0.1) is 25.4 Å². The first-order valence-electron chi connectivity index (χ1n) is 9.67. The molecule has 0 saturated heterocycles. The van der Waals surface area contributed by atoms with E-state index in [4.69, 9.17) is 9.37 Å². The van der Waals surface area contributed by atoms with Gasteiger partial charge in [-0.2, -0.15) is 0 Å². The largest absolute Gasteiger partial charge is 0.505 e. The fraction of sp³-hybridized carbons (Fsp3) is 0.0870. The molecule has 0 fully saturated rings. The summed E-state index contributed by atoms with van der Waals surface area (Å²) in [5.41, 5.74) is 2.69. The number of aromatic hydroxyl groups is 1. The van der Waals surface area contributed by atoms with Gasteiger partial charge in [0.25, 0.3) is 5.56 Å². The number of pyridine rings is 2. The fourth-order valence-corrected chi connectivity index (χ4v) is 3.65. The zero-order valence-corrected chi connectivity index (χ0v) is 16.8. The molecule has 5 rings (SSSR count). The molecule has 9 heteroatoms. The number of fused-ring (bicyclic) bond motifs is 2. The van der Waals surface area contributed by atoms with Crippen molar-refractivity contribution >= 4 is 27.9 Å². The molecule has 0 aliphatic carbocycles. The predicted molar refractivity (Wildman–Crippen MR) is 115 cm³/mol. The second kappa shape index (κ2) is 7.62. The van der Waals surface area contributed by atoms with Crippen LogP contribution in [0.5, 0.6) is 5.75 Å². The molecule has 3 heterocycles. The lowest BCUT2D eigenvalue weighted by Crippen LogP contribution is -2.23. The van der Waals surface area contributed by atoms with E-state index in [0.717, 1.165) is 5.56 Å². The van der Waals surface area contributed by atoms with Crippen molar-refractivity contribution in [2.75, 3.05) is 7.11 Å². The Morgan fingerprint density at radius 2 is 1.88 bits per heavy atom.